The molecule has 0 aliphatic carbocycles. The van der Waals surface area contributed by atoms with Crippen LogP contribution in [-0.4, -0.2) is 36.9 Å². The maximum atomic E-state index is 11.8. The van der Waals surface area contributed by atoms with Crippen molar-refractivity contribution in [1.82, 2.24) is 16.0 Å². The molecule has 6 heteroatoms. The van der Waals surface area contributed by atoms with Gasteiger partial charge in [0.2, 0.25) is 17.7 Å². The zero-order valence-electron chi connectivity index (χ0n) is 10.2. The number of likely N-dealkylation sites (N-methyl/N-ethyl adjacent to an activating group) is 1. The van der Waals surface area contributed by atoms with Gasteiger partial charge in [0.1, 0.15) is 12.1 Å². The molecular weight excluding hydrogens is 222 g/mol. The van der Waals surface area contributed by atoms with Crippen molar-refractivity contribution in [3.63, 3.8) is 0 Å². The lowest BCUT2D eigenvalue weighted by molar-refractivity contribution is -0.132. The monoisotopic (exact) mass is 241 g/mol. The summed E-state index contributed by atoms with van der Waals surface area (Å²) in [5.41, 5.74) is 0. The van der Waals surface area contributed by atoms with Crippen LogP contribution in [0.2, 0.25) is 0 Å². The van der Waals surface area contributed by atoms with Crippen molar-refractivity contribution in [3.8, 4) is 0 Å². The predicted octanol–water partition coefficient (Wildman–Crippen LogP) is -0.704. The standard InChI is InChI=1S/C11H19N3O3/c1-7(15)13-9-6-4-3-5-8(10(16)12-2)14-11(9)17/h8-9H,3-6H2,1-2H3,(H,12,16)(H,13,15)(H,14,17)/t8-,9+/m1/s1. The van der Waals surface area contributed by atoms with Crippen LogP contribution in [0.15, 0.2) is 0 Å². The topological polar surface area (TPSA) is 87.3 Å². The van der Waals surface area contributed by atoms with Gasteiger partial charge in [-0.25, -0.2) is 0 Å². The summed E-state index contributed by atoms with van der Waals surface area (Å²) in [6.07, 6.45) is 2.93. The van der Waals surface area contributed by atoms with Gasteiger partial charge < -0.3 is 16.0 Å². The first-order valence-electron chi connectivity index (χ1n) is 5.83. The lowest BCUT2D eigenvalue weighted by Gasteiger charge is -2.25. The number of rotatable bonds is 2. The highest BCUT2D eigenvalue weighted by atomic mass is 16.2. The van der Waals surface area contributed by atoms with Crippen LogP contribution in [0.4, 0.5) is 0 Å². The number of nitrogens with one attached hydrogen (secondary N) is 3. The number of carbonyl (C=O) groups excluding carboxylic acids is 3. The van der Waals surface area contributed by atoms with Gasteiger partial charge in [-0.15, -0.1) is 0 Å². The van der Waals surface area contributed by atoms with Crippen LogP contribution < -0.4 is 16.0 Å². The Bertz CT molecular complexity index is 317. The second-order valence-corrected chi connectivity index (χ2v) is 4.21. The van der Waals surface area contributed by atoms with Gasteiger partial charge in [0, 0.05) is 14.0 Å². The molecule has 0 saturated carbocycles. The quantitative estimate of drug-likeness (QED) is 0.597. The third-order valence-corrected chi connectivity index (χ3v) is 2.81. The molecule has 1 saturated heterocycles. The van der Waals surface area contributed by atoms with Crippen LogP contribution in [-0.2, 0) is 14.4 Å². The summed E-state index contributed by atoms with van der Waals surface area (Å²) >= 11 is 0. The van der Waals surface area contributed by atoms with Crippen molar-refractivity contribution < 1.29 is 14.4 Å². The molecule has 0 aromatic rings. The first-order valence-corrected chi connectivity index (χ1v) is 5.83. The number of carbonyl (C=O) groups is 3. The minimum absolute atomic E-state index is 0.193. The van der Waals surface area contributed by atoms with Crippen molar-refractivity contribution >= 4 is 17.7 Å². The van der Waals surface area contributed by atoms with E-state index in [4.69, 9.17) is 0 Å². The van der Waals surface area contributed by atoms with Crippen molar-refractivity contribution in [2.45, 2.75) is 44.7 Å². The summed E-state index contributed by atoms with van der Waals surface area (Å²) in [4.78, 5) is 34.3. The minimum Gasteiger partial charge on any atom is -0.357 e. The fraction of sp³-hybridized carbons (Fsp3) is 0.727. The predicted molar refractivity (Wildman–Crippen MR) is 62.1 cm³/mol. The summed E-state index contributed by atoms with van der Waals surface area (Å²) in [6, 6.07) is -1.02. The molecule has 3 N–H and O–H groups in total. The first kappa shape index (κ1) is 13.5. The first-order chi connectivity index (χ1) is 8.04. The van der Waals surface area contributed by atoms with E-state index in [1.165, 1.54) is 6.92 Å². The largest absolute Gasteiger partial charge is 0.357 e. The van der Waals surface area contributed by atoms with E-state index in [1.807, 2.05) is 0 Å². The van der Waals surface area contributed by atoms with Gasteiger partial charge in [0.15, 0.2) is 0 Å². The van der Waals surface area contributed by atoms with Crippen molar-refractivity contribution in [2.24, 2.45) is 0 Å². The fourth-order valence-electron chi connectivity index (χ4n) is 1.93. The molecule has 0 radical (unpaired) electrons. The zero-order chi connectivity index (χ0) is 12.8. The molecular formula is C11H19N3O3. The zero-order valence-corrected chi connectivity index (χ0v) is 10.2. The summed E-state index contributed by atoms with van der Waals surface area (Å²) in [5, 5.41) is 7.77. The Morgan fingerprint density at radius 3 is 2.53 bits per heavy atom. The molecule has 1 heterocycles. The number of hydrogen-bond acceptors (Lipinski definition) is 3. The van der Waals surface area contributed by atoms with Crippen molar-refractivity contribution in [2.75, 3.05) is 7.05 Å². The highest BCUT2D eigenvalue weighted by molar-refractivity contribution is 5.91. The van der Waals surface area contributed by atoms with E-state index in [-0.39, 0.29) is 17.7 Å². The van der Waals surface area contributed by atoms with E-state index in [1.54, 1.807) is 7.05 Å². The normalized spacial score (nSPS) is 25.2. The van der Waals surface area contributed by atoms with Gasteiger partial charge in [-0.1, -0.05) is 12.8 Å². The highest BCUT2D eigenvalue weighted by Gasteiger charge is 2.27. The molecule has 3 amide bonds. The number of hydrogen-bond donors (Lipinski definition) is 3. The van der Waals surface area contributed by atoms with Gasteiger partial charge in [0.25, 0.3) is 0 Å². The molecule has 1 fully saturated rings. The van der Waals surface area contributed by atoms with Gasteiger partial charge in [-0.2, -0.15) is 0 Å². The molecule has 6 nitrogen and oxygen atoms in total. The van der Waals surface area contributed by atoms with E-state index < -0.39 is 12.1 Å². The maximum absolute atomic E-state index is 11.8. The Labute approximate surface area is 101 Å². The molecule has 0 unspecified atom stereocenters. The van der Waals surface area contributed by atoms with Crippen LogP contribution in [0, 0.1) is 0 Å². The molecule has 1 rings (SSSR count). The van der Waals surface area contributed by atoms with Crippen LogP contribution in [0.3, 0.4) is 0 Å². The Morgan fingerprint density at radius 2 is 1.94 bits per heavy atom. The average molecular weight is 241 g/mol. The van der Waals surface area contributed by atoms with E-state index in [9.17, 15) is 14.4 Å². The third-order valence-electron chi connectivity index (χ3n) is 2.81. The minimum atomic E-state index is -0.528. The highest BCUT2D eigenvalue weighted by Crippen LogP contribution is 2.11. The summed E-state index contributed by atoms with van der Waals surface area (Å²) in [5.74, 6) is -0.711. The molecule has 1 aliphatic rings. The lowest BCUT2D eigenvalue weighted by Crippen LogP contribution is -2.54. The number of amides is 3. The second kappa shape index (κ2) is 6.22. The smallest absolute Gasteiger partial charge is 0.243 e. The third kappa shape index (κ3) is 4.05. The SMILES string of the molecule is CNC(=O)[C@H]1CCCC[C@H](NC(C)=O)C(=O)N1. The summed E-state index contributed by atoms with van der Waals surface area (Å²) in [6.45, 7) is 1.38. The van der Waals surface area contributed by atoms with Crippen molar-refractivity contribution in [3.05, 3.63) is 0 Å². The maximum Gasteiger partial charge on any atom is 0.243 e. The van der Waals surface area contributed by atoms with E-state index >= 15 is 0 Å². The van der Waals surface area contributed by atoms with E-state index in [2.05, 4.69) is 16.0 Å². The second-order valence-electron chi connectivity index (χ2n) is 4.21. The van der Waals surface area contributed by atoms with Gasteiger partial charge in [-0.05, 0) is 12.8 Å². The molecule has 2 atom stereocenters. The van der Waals surface area contributed by atoms with E-state index in [0.29, 0.717) is 12.8 Å². The molecule has 0 aromatic heterocycles. The van der Waals surface area contributed by atoms with Crippen LogP contribution >= 0.6 is 0 Å². The molecule has 0 aromatic carbocycles. The fourth-order valence-corrected chi connectivity index (χ4v) is 1.93. The summed E-state index contributed by atoms with van der Waals surface area (Å²) < 4.78 is 0. The Kier molecular flexibility index (Phi) is 4.93. The Morgan fingerprint density at radius 1 is 1.29 bits per heavy atom. The Hall–Kier alpha value is -1.59. The van der Waals surface area contributed by atoms with E-state index in [0.717, 1.165) is 12.8 Å². The van der Waals surface area contributed by atoms with Gasteiger partial charge in [0.05, 0.1) is 0 Å². The molecule has 17 heavy (non-hydrogen) atoms. The molecule has 96 valence electrons. The average Bonchev–Trinajstić information content (AvgIpc) is 2.27. The molecule has 1 aliphatic heterocycles. The van der Waals surface area contributed by atoms with Gasteiger partial charge >= 0.3 is 0 Å². The van der Waals surface area contributed by atoms with Crippen LogP contribution in [0.5, 0.6) is 0 Å². The lowest BCUT2D eigenvalue weighted by atomic mass is 10.00. The molecule has 0 spiro atoms. The van der Waals surface area contributed by atoms with Crippen molar-refractivity contribution in [1.29, 1.82) is 0 Å². The Balaban J connectivity index is 2.65. The molecule has 0 bridgehead atoms. The summed E-state index contributed by atoms with van der Waals surface area (Å²) in [7, 11) is 1.54. The van der Waals surface area contributed by atoms with Gasteiger partial charge in [-0.3, -0.25) is 14.4 Å². The van der Waals surface area contributed by atoms with Crippen LogP contribution in [0.1, 0.15) is 32.6 Å². The van der Waals surface area contributed by atoms with Crippen LogP contribution in [0.25, 0.3) is 0 Å².